The van der Waals surface area contributed by atoms with Gasteiger partial charge in [-0.25, -0.2) is 0 Å². The predicted molar refractivity (Wildman–Crippen MR) is 97.8 cm³/mol. The molecule has 0 fully saturated rings. The van der Waals surface area contributed by atoms with Gasteiger partial charge in [0.1, 0.15) is 0 Å². The Kier molecular flexibility index (Phi) is 4.70. The van der Waals surface area contributed by atoms with E-state index in [1.807, 2.05) is 48.5 Å². The van der Waals surface area contributed by atoms with Gasteiger partial charge >= 0.3 is 0 Å². The summed E-state index contributed by atoms with van der Waals surface area (Å²) in [6.07, 6.45) is 3.52. The van der Waals surface area contributed by atoms with E-state index in [4.69, 9.17) is 0 Å². The first kappa shape index (κ1) is 17.0. The normalized spacial score (nSPS) is 10.9. The maximum absolute atomic E-state index is 12.6. The molecule has 0 spiro atoms. The first-order valence-corrected chi connectivity index (χ1v) is 8.42. The Morgan fingerprint density at radius 2 is 1.96 bits per heavy atom. The fourth-order valence-electron chi connectivity index (χ4n) is 3.00. The van der Waals surface area contributed by atoms with Gasteiger partial charge in [0.2, 0.25) is 0 Å². The van der Waals surface area contributed by atoms with Crippen molar-refractivity contribution >= 4 is 11.6 Å². The number of amides is 1. The van der Waals surface area contributed by atoms with Gasteiger partial charge in [0.15, 0.2) is 0 Å². The molecule has 25 heavy (non-hydrogen) atoms. The summed E-state index contributed by atoms with van der Waals surface area (Å²) in [4.78, 5) is 12.6. The molecule has 0 bridgehead atoms. The molecule has 0 saturated heterocycles. The quantitative estimate of drug-likeness (QED) is 0.777. The smallest absolute Gasteiger partial charge is 0.259 e. The van der Waals surface area contributed by atoms with E-state index in [0.717, 1.165) is 17.9 Å². The second kappa shape index (κ2) is 6.93. The average molecular weight is 337 g/mol. The molecule has 3 aromatic rings. The Labute approximate surface area is 147 Å². The van der Waals surface area contributed by atoms with Crippen molar-refractivity contribution in [1.82, 2.24) is 19.6 Å². The van der Waals surface area contributed by atoms with Crippen LogP contribution in [-0.2, 0) is 13.1 Å². The highest BCUT2D eigenvalue weighted by atomic mass is 16.1. The standard InChI is InChI=1S/C19H23N5O/c1-5-24-15(4)18(14(3)22-24)19(25)21-17-10-20-23(12-17)11-16-9-7-6-8-13(16)2/h6-10,12H,5,11H2,1-4H3,(H,21,25). The van der Waals surface area contributed by atoms with Gasteiger partial charge in [-0.15, -0.1) is 0 Å². The SMILES string of the molecule is CCn1nc(C)c(C(=O)Nc2cnn(Cc3ccccc3C)c2)c1C. The summed E-state index contributed by atoms with van der Waals surface area (Å²) in [5.74, 6) is -0.148. The lowest BCUT2D eigenvalue weighted by atomic mass is 10.1. The van der Waals surface area contributed by atoms with Crippen molar-refractivity contribution < 1.29 is 4.79 Å². The number of aromatic nitrogens is 4. The van der Waals surface area contributed by atoms with E-state index in [1.54, 1.807) is 6.20 Å². The van der Waals surface area contributed by atoms with Crippen LogP contribution < -0.4 is 5.32 Å². The molecule has 6 heteroatoms. The number of hydrogen-bond acceptors (Lipinski definition) is 3. The van der Waals surface area contributed by atoms with E-state index in [1.165, 1.54) is 11.1 Å². The van der Waals surface area contributed by atoms with Crippen molar-refractivity contribution in [1.29, 1.82) is 0 Å². The minimum atomic E-state index is -0.148. The first-order valence-electron chi connectivity index (χ1n) is 8.42. The molecule has 0 unspecified atom stereocenters. The lowest BCUT2D eigenvalue weighted by Gasteiger charge is -2.05. The van der Waals surface area contributed by atoms with Crippen molar-refractivity contribution in [2.75, 3.05) is 5.32 Å². The largest absolute Gasteiger partial charge is 0.319 e. The molecule has 1 amide bonds. The highest BCUT2D eigenvalue weighted by Gasteiger charge is 2.18. The monoisotopic (exact) mass is 337 g/mol. The molecular weight excluding hydrogens is 314 g/mol. The third kappa shape index (κ3) is 3.47. The second-order valence-electron chi connectivity index (χ2n) is 6.17. The van der Waals surface area contributed by atoms with Crippen LogP contribution in [0.4, 0.5) is 5.69 Å². The fourth-order valence-corrected chi connectivity index (χ4v) is 3.00. The van der Waals surface area contributed by atoms with E-state index in [-0.39, 0.29) is 5.91 Å². The van der Waals surface area contributed by atoms with E-state index in [2.05, 4.69) is 34.6 Å². The molecule has 0 radical (unpaired) electrons. The van der Waals surface area contributed by atoms with Gasteiger partial charge in [-0.1, -0.05) is 24.3 Å². The number of hydrogen-bond donors (Lipinski definition) is 1. The van der Waals surface area contributed by atoms with Gasteiger partial charge in [0.25, 0.3) is 5.91 Å². The Morgan fingerprint density at radius 3 is 2.64 bits per heavy atom. The number of aryl methyl sites for hydroxylation is 3. The van der Waals surface area contributed by atoms with Crippen LogP contribution >= 0.6 is 0 Å². The van der Waals surface area contributed by atoms with Crippen molar-refractivity contribution in [3.05, 3.63) is 64.7 Å². The number of nitrogens with one attached hydrogen (secondary N) is 1. The van der Waals surface area contributed by atoms with Crippen LogP contribution in [0.25, 0.3) is 0 Å². The lowest BCUT2D eigenvalue weighted by Crippen LogP contribution is -2.14. The zero-order chi connectivity index (χ0) is 18.0. The van der Waals surface area contributed by atoms with E-state index < -0.39 is 0 Å². The molecule has 1 aromatic carbocycles. The predicted octanol–water partition coefficient (Wildman–Crippen LogP) is 3.33. The van der Waals surface area contributed by atoms with Crippen molar-refractivity contribution in [3.8, 4) is 0 Å². The summed E-state index contributed by atoms with van der Waals surface area (Å²) in [5, 5.41) is 11.7. The average Bonchev–Trinajstić information content (AvgIpc) is 3.13. The molecule has 2 aromatic heterocycles. The Bertz CT molecular complexity index is 906. The first-order chi connectivity index (χ1) is 12.0. The van der Waals surface area contributed by atoms with Crippen molar-refractivity contribution in [2.45, 2.75) is 40.8 Å². The number of rotatable bonds is 5. The summed E-state index contributed by atoms with van der Waals surface area (Å²) >= 11 is 0. The van der Waals surface area contributed by atoms with Gasteiger partial charge in [0, 0.05) is 18.4 Å². The third-order valence-electron chi connectivity index (χ3n) is 4.39. The summed E-state index contributed by atoms with van der Waals surface area (Å²) in [5.41, 5.74) is 5.37. The lowest BCUT2D eigenvalue weighted by molar-refractivity contribution is 0.102. The molecule has 0 aliphatic rings. The Hall–Kier alpha value is -2.89. The second-order valence-corrected chi connectivity index (χ2v) is 6.17. The third-order valence-corrected chi connectivity index (χ3v) is 4.39. The van der Waals surface area contributed by atoms with E-state index >= 15 is 0 Å². The zero-order valence-corrected chi connectivity index (χ0v) is 15.1. The number of carbonyl (C=O) groups excluding carboxylic acids is 1. The summed E-state index contributed by atoms with van der Waals surface area (Å²) in [6, 6.07) is 8.21. The van der Waals surface area contributed by atoms with Gasteiger partial charge < -0.3 is 5.32 Å². The van der Waals surface area contributed by atoms with E-state index in [0.29, 0.717) is 17.8 Å². The number of nitrogens with zero attached hydrogens (tertiary/aromatic N) is 4. The van der Waals surface area contributed by atoms with Crippen LogP contribution in [0.3, 0.4) is 0 Å². The fraction of sp³-hybridized carbons (Fsp3) is 0.316. The molecule has 130 valence electrons. The van der Waals surface area contributed by atoms with Crippen LogP contribution in [0.5, 0.6) is 0 Å². The summed E-state index contributed by atoms with van der Waals surface area (Å²) in [7, 11) is 0. The molecule has 1 N–H and O–H groups in total. The molecule has 2 heterocycles. The zero-order valence-electron chi connectivity index (χ0n) is 15.1. The molecule has 0 atom stereocenters. The number of benzene rings is 1. The highest BCUT2D eigenvalue weighted by Crippen LogP contribution is 2.16. The van der Waals surface area contributed by atoms with Gasteiger partial charge in [-0.2, -0.15) is 10.2 Å². The topological polar surface area (TPSA) is 64.7 Å². The summed E-state index contributed by atoms with van der Waals surface area (Å²) in [6.45, 7) is 9.29. The number of anilines is 1. The van der Waals surface area contributed by atoms with Crippen molar-refractivity contribution in [3.63, 3.8) is 0 Å². The molecule has 0 saturated carbocycles. The van der Waals surface area contributed by atoms with Crippen LogP contribution in [0, 0.1) is 20.8 Å². The van der Waals surface area contributed by atoms with Gasteiger partial charge in [-0.3, -0.25) is 14.2 Å². The van der Waals surface area contributed by atoms with Crippen molar-refractivity contribution in [2.24, 2.45) is 0 Å². The Morgan fingerprint density at radius 1 is 1.20 bits per heavy atom. The summed E-state index contributed by atoms with van der Waals surface area (Å²) < 4.78 is 3.67. The van der Waals surface area contributed by atoms with Crippen LogP contribution in [0.15, 0.2) is 36.7 Å². The molecular formula is C19H23N5O. The van der Waals surface area contributed by atoms with Gasteiger partial charge in [-0.05, 0) is 38.8 Å². The van der Waals surface area contributed by atoms with Crippen LogP contribution in [0.1, 0.15) is 39.8 Å². The van der Waals surface area contributed by atoms with Crippen LogP contribution in [0.2, 0.25) is 0 Å². The number of carbonyl (C=O) groups is 1. The minimum Gasteiger partial charge on any atom is -0.319 e. The van der Waals surface area contributed by atoms with E-state index in [9.17, 15) is 4.79 Å². The van der Waals surface area contributed by atoms with Gasteiger partial charge in [0.05, 0.1) is 29.7 Å². The molecule has 0 aliphatic carbocycles. The molecule has 3 rings (SSSR count). The maximum Gasteiger partial charge on any atom is 0.259 e. The minimum absolute atomic E-state index is 0.148. The maximum atomic E-state index is 12.6. The molecule has 6 nitrogen and oxygen atoms in total. The highest BCUT2D eigenvalue weighted by molar-refractivity contribution is 6.05. The Balaban J connectivity index is 1.74. The molecule has 0 aliphatic heterocycles. The van der Waals surface area contributed by atoms with Crippen LogP contribution in [-0.4, -0.2) is 25.5 Å².